The number of carbonyl (C=O) groups excluding carboxylic acids is 1. The molecule has 0 atom stereocenters. The molecule has 0 saturated heterocycles. The molecule has 0 aliphatic carbocycles. The maximum atomic E-state index is 12.3. The van der Waals surface area contributed by atoms with E-state index in [-0.39, 0.29) is 5.78 Å². The summed E-state index contributed by atoms with van der Waals surface area (Å²) in [5, 5.41) is 0. The van der Waals surface area contributed by atoms with Crippen molar-refractivity contribution in [3.8, 4) is 0 Å². The van der Waals surface area contributed by atoms with Crippen molar-refractivity contribution in [3.63, 3.8) is 0 Å². The number of hydrogen-bond acceptors (Lipinski definition) is 2. The van der Waals surface area contributed by atoms with Crippen LogP contribution in [0.3, 0.4) is 0 Å². The standard InChI is InChI=1S/C18H21NO/c1-3-4-5-6-15-7-9-16(10-8-15)18(20)17-13-14(2)11-12-19-17/h7-13H,3-6H2,1-2H3. The van der Waals surface area contributed by atoms with E-state index < -0.39 is 0 Å². The molecule has 0 bridgehead atoms. The van der Waals surface area contributed by atoms with E-state index in [0.717, 1.165) is 12.0 Å². The molecule has 1 aromatic carbocycles. The van der Waals surface area contributed by atoms with Gasteiger partial charge >= 0.3 is 0 Å². The number of aryl methyl sites for hydroxylation is 2. The topological polar surface area (TPSA) is 30.0 Å². The molecule has 0 spiro atoms. The van der Waals surface area contributed by atoms with Crippen molar-refractivity contribution in [2.45, 2.75) is 39.5 Å². The largest absolute Gasteiger partial charge is 0.287 e. The second-order valence-electron chi connectivity index (χ2n) is 5.20. The first-order valence-electron chi connectivity index (χ1n) is 7.27. The Labute approximate surface area is 120 Å². The maximum absolute atomic E-state index is 12.3. The van der Waals surface area contributed by atoms with E-state index in [0.29, 0.717) is 11.3 Å². The van der Waals surface area contributed by atoms with Crippen LogP contribution in [0.2, 0.25) is 0 Å². The molecule has 20 heavy (non-hydrogen) atoms. The Kier molecular flexibility index (Phi) is 5.05. The van der Waals surface area contributed by atoms with E-state index in [1.54, 1.807) is 6.20 Å². The molecule has 104 valence electrons. The summed E-state index contributed by atoms with van der Waals surface area (Å²) in [6.45, 7) is 4.17. The van der Waals surface area contributed by atoms with E-state index in [9.17, 15) is 4.79 Å². The average molecular weight is 267 g/mol. The van der Waals surface area contributed by atoms with Gasteiger partial charge in [-0.2, -0.15) is 0 Å². The highest BCUT2D eigenvalue weighted by Crippen LogP contribution is 2.12. The van der Waals surface area contributed by atoms with Gasteiger partial charge in [-0.05, 0) is 43.0 Å². The first-order chi connectivity index (χ1) is 9.70. The SMILES string of the molecule is CCCCCc1ccc(C(=O)c2cc(C)ccn2)cc1. The number of carbonyl (C=O) groups is 1. The lowest BCUT2D eigenvalue weighted by Crippen LogP contribution is -2.04. The molecule has 0 fully saturated rings. The van der Waals surface area contributed by atoms with Gasteiger partial charge in [-0.15, -0.1) is 0 Å². The molecule has 1 aromatic heterocycles. The highest BCUT2D eigenvalue weighted by atomic mass is 16.1. The summed E-state index contributed by atoms with van der Waals surface area (Å²) in [5.41, 5.74) is 3.58. The van der Waals surface area contributed by atoms with E-state index in [1.807, 2.05) is 31.2 Å². The van der Waals surface area contributed by atoms with Crippen LogP contribution in [-0.4, -0.2) is 10.8 Å². The van der Waals surface area contributed by atoms with Crippen LogP contribution in [0.15, 0.2) is 42.6 Å². The molecule has 2 heteroatoms. The Hall–Kier alpha value is -1.96. The highest BCUT2D eigenvalue weighted by Gasteiger charge is 2.10. The summed E-state index contributed by atoms with van der Waals surface area (Å²) in [6, 6.07) is 11.7. The molecule has 2 aromatic rings. The van der Waals surface area contributed by atoms with Crippen molar-refractivity contribution in [1.29, 1.82) is 0 Å². The Bertz CT molecular complexity index is 572. The van der Waals surface area contributed by atoms with E-state index >= 15 is 0 Å². The fraction of sp³-hybridized carbons (Fsp3) is 0.333. The molecular weight excluding hydrogens is 246 g/mol. The second-order valence-corrected chi connectivity index (χ2v) is 5.20. The Balaban J connectivity index is 2.07. The summed E-state index contributed by atoms with van der Waals surface area (Å²) >= 11 is 0. The Morgan fingerprint density at radius 2 is 1.85 bits per heavy atom. The molecule has 0 radical (unpaired) electrons. The minimum atomic E-state index is -0.00573. The Morgan fingerprint density at radius 1 is 1.10 bits per heavy atom. The van der Waals surface area contributed by atoms with Crippen LogP contribution >= 0.6 is 0 Å². The summed E-state index contributed by atoms with van der Waals surface area (Å²) in [5.74, 6) is -0.00573. The normalized spacial score (nSPS) is 10.5. The van der Waals surface area contributed by atoms with Gasteiger partial charge in [0.05, 0.1) is 0 Å². The van der Waals surface area contributed by atoms with Gasteiger partial charge < -0.3 is 0 Å². The molecular formula is C18H21NO. The lowest BCUT2D eigenvalue weighted by Gasteiger charge is -2.04. The fourth-order valence-electron chi connectivity index (χ4n) is 2.21. The zero-order chi connectivity index (χ0) is 14.4. The zero-order valence-corrected chi connectivity index (χ0v) is 12.2. The molecule has 0 aliphatic rings. The van der Waals surface area contributed by atoms with Crippen LogP contribution in [-0.2, 0) is 6.42 Å². The fourth-order valence-corrected chi connectivity index (χ4v) is 2.21. The van der Waals surface area contributed by atoms with Crippen LogP contribution in [0, 0.1) is 6.92 Å². The molecule has 0 N–H and O–H groups in total. The summed E-state index contributed by atoms with van der Waals surface area (Å²) in [4.78, 5) is 16.5. The third-order valence-electron chi connectivity index (χ3n) is 3.43. The van der Waals surface area contributed by atoms with Crippen molar-refractivity contribution >= 4 is 5.78 Å². The molecule has 0 saturated carbocycles. The lowest BCUT2D eigenvalue weighted by molar-refractivity contribution is 0.103. The third-order valence-corrected chi connectivity index (χ3v) is 3.43. The third kappa shape index (κ3) is 3.77. The summed E-state index contributed by atoms with van der Waals surface area (Å²) in [7, 11) is 0. The first-order valence-corrected chi connectivity index (χ1v) is 7.27. The van der Waals surface area contributed by atoms with Crippen molar-refractivity contribution in [2.75, 3.05) is 0 Å². The lowest BCUT2D eigenvalue weighted by atomic mass is 10.0. The summed E-state index contributed by atoms with van der Waals surface area (Å²) in [6.07, 6.45) is 6.47. The minimum absolute atomic E-state index is 0.00573. The van der Waals surface area contributed by atoms with Crippen LogP contribution in [0.1, 0.15) is 53.4 Å². The Morgan fingerprint density at radius 3 is 2.50 bits per heavy atom. The number of hydrogen-bond donors (Lipinski definition) is 0. The van der Waals surface area contributed by atoms with Crippen LogP contribution < -0.4 is 0 Å². The van der Waals surface area contributed by atoms with Gasteiger partial charge in [0.15, 0.2) is 0 Å². The molecule has 1 heterocycles. The maximum Gasteiger partial charge on any atom is 0.211 e. The average Bonchev–Trinajstić information content (AvgIpc) is 2.47. The number of unbranched alkanes of at least 4 members (excludes halogenated alkanes) is 2. The molecule has 0 unspecified atom stereocenters. The van der Waals surface area contributed by atoms with Crippen molar-refractivity contribution < 1.29 is 4.79 Å². The number of benzene rings is 1. The summed E-state index contributed by atoms with van der Waals surface area (Å²) < 4.78 is 0. The second kappa shape index (κ2) is 6.99. The van der Waals surface area contributed by atoms with Gasteiger partial charge in [0.25, 0.3) is 0 Å². The number of ketones is 1. The van der Waals surface area contributed by atoms with Crippen LogP contribution in [0.25, 0.3) is 0 Å². The molecule has 0 aliphatic heterocycles. The molecule has 0 amide bonds. The number of rotatable bonds is 6. The van der Waals surface area contributed by atoms with Crippen LogP contribution in [0.4, 0.5) is 0 Å². The number of pyridine rings is 1. The van der Waals surface area contributed by atoms with Gasteiger partial charge in [-0.3, -0.25) is 9.78 Å². The van der Waals surface area contributed by atoms with Crippen molar-refractivity contribution in [3.05, 3.63) is 65.0 Å². The monoisotopic (exact) mass is 267 g/mol. The minimum Gasteiger partial charge on any atom is -0.287 e. The predicted molar refractivity (Wildman–Crippen MR) is 82.1 cm³/mol. The molecule has 2 nitrogen and oxygen atoms in total. The molecule has 2 rings (SSSR count). The van der Waals surface area contributed by atoms with Gasteiger partial charge in [0, 0.05) is 11.8 Å². The van der Waals surface area contributed by atoms with Gasteiger partial charge in [-0.25, -0.2) is 0 Å². The van der Waals surface area contributed by atoms with Gasteiger partial charge in [-0.1, -0.05) is 44.0 Å². The van der Waals surface area contributed by atoms with E-state index in [2.05, 4.69) is 24.0 Å². The van der Waals surface area contributed by atoms with Gasteiger partial charge in [0.1, 0.15) is 5.69 Å². The smallest absolute Gasteiger partial charge is 0.211 e. The number of nitrogens with zero attached hydrogens (tertiary/aromatic N) is 1. The zero-order valence-electron chi connectivity index (χ0n) is 12.2. The predicted octanol–water partition coefficient (Wildman–Crippen LogP) is 4.35. The highest BCUT2D eigenvalue weighted by molar-refractivity contribution is 6.07. The van der Waals surface area contributed by atoms with Gasteiger partial charge in [0.2, 0.25) is 5.78 Å². The van der Waals surface area contributed by atoms with Crippen LogP contribution in [0.5, 0.6) is 0 Å². The van der Waals surface area contributed by atoms with E-state index in [1.165, 1.54) is 24.8 Å². The van der Waals surface area contributed by atoms with E-state index in [4.69, 9.17) is 0 Å². The first kappa shape index (κ1) is 14.4. The van der Waals surface area contributed by atoms with Crippen molar-refractivity contribution in [1.82, 2.24) is 4.98 Å². The number of aromatic nitrogens is 1. The quantitative estimate of drug-likeness (QED) is 0.575. The van der Waals surface area contributed by atoms with Crippen molar-refractivity contribution in [2.24, 2.45) is 0 Å².